The predicted molar refractivity (Wildman–Crippen MR) is 251 cm³/mol. The quantitative estimate of drug-likeness (QED) is 0.117. The number of likely N-dealkylation sites (N-methyl/N-ethyl adjacent to an activating group) is 2. The van der Waals surface area contributed by atoms with Crippen molar-refractivity contribution in [1.82, 2.24) is 40.4 Å². The number of phenols is 1. The number of carbonyl (C=O) groups excluding carboxylic acids is 5. The molecule has 4 N–H and O–H groups in total. The van der Waals surface area contributed by atoms with Gasteiger partial charge in [0.05, 0.1) is 31.5 Å². The van der Waals surface area contributed by atoms with E-state index in [-0.39, 0.29) is 49.7 Å². The van der Waals surface area contributed by atoms with Crippen molar-refractivity contribution in [2.45, 2.75) is 110 Å². The third kappa shape index (κ3) is 10.2. The van der Waals surface area contributed by atoms with Crippen molar-refractivity contribution in [2.75, 3.05) is 47.5 Å². The van der Waals surface area contributed by atoms with Crippen molar-refractivity contribution in [3.63, 3.8) is 0 Å². The third-order valence-corrected chi connectivity index (χ3v) is 13.2. The first kappa shape index (κ1) is 48.1. The molecule has 354 valence electrons. The first-order chi connectivity index (χ1) is 31.4. The second kappa shape index (κ2) is 19.9. The molecule has 3 aliphatic heterocycles. The van der Waals surface area contributed by atoms with Crippen LogP contribution in [-0.4, -0.2) is 137 Å². The highest BCUT2D eigenvalue weighted by Crippen LogP contribution is 2.41. The zero-order chi connectivity index (χ0) is 47.6. The van der Waals surface area contributed by atoms with E-state index in [4.69, 9.17) is 9.47 Å². The van der Waals surface area contributed by atoms with E-state index in [9.17, 15) is 29.1 Å². The topological polar surface area (TPSA) is 198 Å². The van der Waals surface area contributed by atoms with Gasteiger partial charge in [0.2, 0.25) is 17.7 Å². The molecule has 0 saturated carbocycles. The molecule has 5 heterocycles. The van der Waals surface area contributed by atoms with E-state index in [0.29, 0.717) is 38.0 Å². The molecular formula is C50H66N8O8. The monoisotopic (exact) mass is 907 g/mol. The van der Waals surface area contributed by atoms with Gasteiger partial charge in [0.25, 0.3) is 5.91 Å². The number of cyclic esters (lactones) is 1. The number of pyridine rings is 1. The first-order valence-corrected chi connectivity index (χ1v) is 23.2. The van der Waals surface area contributed by atoms with Crippen LogP contribution in [0.3, 0.4) is 0 Å². The van der Waals surface area contributed by atoms with Crippen molar-refractivity contribution < 1.29 is 38.6 Å². The number of phenolic OH excluding ortho intramolecular Hbond substituents is 1. The molecule has 2 saturated heterocycles. The fourth-order valence-electron chi connectivity index (χ4n) is 9.67. The molecule has 3 aliphatic rings. The first-order valence-electron chi connectivity index (χ1n) is 23.2. The van der Waals surface area contributed by atoms with Gasteiger partial charge in [0.15, 0.2) is 0 Å². The van der Waals surface area contributed by atoms with Crippen molar-refractivity contribution in [3.8, 4) is 28.1 Å². The lowest BCUT2D eigenvalue weighted by atomic mass is 9.84. The van der Waals surface area contributed by atoms with Gasteiger partial charge in [-0.3, -0.25) is 39.3 Å². The Morgan fingerprint density at radius 1 is 1.08 bits per heavy atom. The van der Waals surface area contributed by atoms with Gasteiger partial charge in [0, 0.05) is 75.0 Å². The van der Waals surface area contributed by atoms with Gasteiger partial charge in [-0.05, 0) is 96.7 Å². The van der Waals surface area contributed by atoms with Crippen molar-refractivity contribution >= 4 is 40.5 Å². The van der Waals surface area contributed by atoms with E-state index in [2.05, 4.69) is 71.5 Å². The van der Waals surface area contributed by atoms with Crippen molar-refractivity contribution in [2.24, 2.45) is 11.3 Å². The fraction of sp³-hybridized carbons (Fsp3) is 0.520. The molecule has 4 amide bonds. The van der Waals surface area contributed by atoms with Crippen LogP contribution in [-0.2, 0) is 59.3 Å². The van der Waals surface area contributed by atoms with Crippen LogP contribution in [0.2, 0.25) is 0 Å². The number of nitrogens with one attached hydrogen (secondary N) is 3. The molecule has 16 heteroatoms. The number of hydrogen-bond acceptors (Lipinski definition) is 11. The number of rotatable bonds is 12. The van der Waals surface area contributed by atoms with Crippen LogP contribution in [0.25, 0.3) is 33.3 Å². The molecule has 0 radical (unpaired) electrons. The summed E-state index contributed by atoms with van der Waals surface area (Å²) < 4.78 is 13.6. The summed E-state index contributed by atoms with van der Waals surface area (Å²) in [6, 6.07) is 9.96. The summed E-state index contributed by atoms with van der Waals surface area (Å²) in [5.41, 5.74) is 10.2. The lowest BCUT2D eigenvalue weighted by molar-refractivity contribution is -0.155. The number of benzene rings is 2. The van der Waals surface area contributed by atoms with Crippen molar-refractivity contribution in [3.05, 3.63) is 71.5 Å². The summed E-state index contributed by atoms with van der Waals surface area (Å²) in [5.74, 6) is -2.63. The summed E-state index contributed by atoms with van der Waals surface area (Å²) in [7, 11) is 4.62. The average molecular weight is 907 g/mol. The second-order valence-electron chi connectivity index (χ2n) is 19.2. The largest absolute Gasteiger partial charge is 0.508 e. The minimum absolute atomic E-state index is 0.0106. The van der Waals surface area contributed by atoms with E-state index in [1.807, 2.05) is 38.4 Å². The predicted octanol–water partition coefficient (Wildman–Crippen LogP) is 4.23. The maximum Gasteiger partial charge on any atom is 0.324 e. The minimum atomic E-state index is -1.18. The number of esters is 1. The minimum Gasteiger partial charge on any atom is -0.508 e. The van der Waals surface area contributed by atoms with Crippen LogP contribution in [0.1, 0.15) is 71.1 Å². The zero-order valence-electron chi connectivity index (χ0n) is 39.8. The maximum absolute atomic E-state index is 14.7. The number of aromatic hydroxyl groups is 1. The Morgan fingerprint density at radius 2 is 1.85 bits per heavy atom. The highest BCUT2D eigenvalue weighted by Gasteiger charge is 2.44. The lowest BCUT2D eigenvalue weighted by Gasteiger charge is -2.37. The molecule has 7 rings (SSSR count). The highest BCUT2D eigenvalue weighted by molar-refractivity contribution is 5.96. The molecular weight excluding hydrogens is 841 g/mol. The van der Waals surface area contributed by atoms with E-state index in [0.717, 1.165) is 45.3 Å². The average Bonchev–Trinajstić information content (AvgIpc) is 4.00. The molecule has 6 bridgehead atoms. The van der Waals surface area contributed by atoms with Crippen LogP contribution in [0.4, 0.5) is 0 Å². The van der Waals surface area contributed by atoms with Gasteiger partial charge in [-0.2, -0.15) is 0 Å². The van der Waals surface area contributed by atoms with Crippen molar-refractivity contribution in [1.29, 1.82) is 0 Å². The molecule has 2 aromatic heterocycles. The standard InChI is InChI=1S/C50H66N8O8/c1-10-31-16-17-51-25-37(31)45-36-24-50(5,6)28-66-49(64)38-13-12-18-58(54-38)47(62)39(21-30-19-33(22-34(59)20-30)32-14-15-41(35(36)23-32)57(45)11-2)53-46(61)44(29(3)4)56(8)42(60)26-55(7)48(63)43-40(52-43)27-65-9/h14-17,19-20,22-23,25,29,38-40,43-44,52,54,59H,10-13,18,21,24,26-28H2,1-9H3,(H,53,61)/t38-,39-,40-,43+,44-/m0/s1. The summed E-state index contributed by atoms with van der Waals surface area (Å²) in [4.78, 5) is 77.0. The van der Waals surface area contributed by atoms with Gasteiger partial charge < -0.3 is 34.3 Å². The maximum atomic E-state index is 14.7. The van der Waals surface area contributed by atoms with E-state index >= 15 is 0 Å². The number of hydrazine groups is 1. The fourth-order valence-corrected chi connectivity index (χ4v) is 9.67. The highest BCUT2D eigenvalue weighted by atomic mass is 16.5. The van der Waals surface area contributed by atoms with E-state index in [1.165, 1.54) is 27.4 Å². The number of ether oxygens (including phenoxy) is 2. The van der Waals surface area contributed by atoms with Crippen LogP contribution < -0.4 is 16.1 Å². The zero-order valence-corrected chi connectivity index (χ0v) is 39.8. The number of nitrogens with zero attached hydrogens (tertiary/aromatic N) is 5. The number of hydrogen-bond donors (Lipinski definition) is 4. The van der Waals surface area contributed by atoms with Gasteiger partial charge in [0.1, 0.15) is 29.9 Å². The van der Waals surface area contributed by atoms with Crippen LogP contribution in [0.5, 0.6) is 5.75 Å². The number of methoxy groups -OCH3 is 1. The molecule has 16 nitrogen and oxygen atoms in total. The Kier molecular flexibility index (Phi) is 14.5. The molecule has 0 unspecified atom stereocenters. The Labute approximate surface area is 387 Å². The van der Waals surface area contributed by atoms with Crippen LogP contribution in [0, 0.1) is 11.3 Å². The number of fused-ring (bicyclic) bond motifs is 6. The summed E-state index contributed by atoms with van der Waals surface area (Å²) in [6.07, 6.45) is 6.07. The second-order valence-corrected chi connectivity index (χ2v) is 19.2. The third-order valence-electron chi connectivity index (χ3n) is 13.2. The van der Waals surface area contributed by atoms with Gasteiger partial charge in [-0.15, -0.1) is 0 Å². The van der Waals surface area contributed by atoms with Gasteiger partial charge in [-0.1, -0.05) is 46.8 Å². The smallest absolute Gasteiger partial charge is 0.324 e. The molecule has 0 spiro atoms. The molecule has 0 aliphatic carbocycles. The lowest BCUT2D eigenvalue weighted by Crippen LogP contribution is -2.62. The molecule has 2 fully saturated rings. The molecule has 66 heavy (non-hydrogen) atoms. The summed E-state index contributed by atoms with van der Waals surface area (Å²) in [5, 5.41) is 19.7. The Bertz CT molecular complexity index is 2480. The number of amides is 4. The Hall–Kier alpha value is -5.84. The molecule has 2 aromatic carbocycles. The van der Waals surface area contributed by atoms with Gasteiger partial charge >= 0.3 is 5.97 Å². The van der Waals surface area contributed by atoms with E-state index in [1.54, 1.807) is 26.3 Å². The summed E-state index contributed by atoms with van der Waals surface area (Å²) >= 11 is 0. The SMILES string of the molecule is CCc1ccncc1-c1c2c3cc(ccc3n1CC)-c1cc(O)cc(c1)C[C@H](NC(=O)[C@H](C(C)C)N(C)C(=O)CN(C)C(=O)[C@@H]1N[C@H]1COC)C(=O)N1CCC[C@H](N1)C(=O)OCC(C)(C)C2. The molecule has 5 atom stereocenters. The summed E-state index contributed by atoms with van der Waals surface area (Å²) in [6.45, 7) is 13.3. The molecule has 4 aromatic rings. The van der Waals surface area contributed by atoms with Gasteiger partial charge in [-0.25, -0.2) is 5.43 Å². The number of aromatic nitrogens is 2. The van der Waals surface area contributed by atoms with Crippen LogP contribution in [0.15, 0.2) is 54.9 Å². The number of carbonyl (C=O) groups is 5. The number of aryl methyl sites for hydroxylation is 2. The van der Waals surface area contributed by atoms with E-state index < -0.39 is 53.3 Å². The Morgan fingerprint density at radius 3 is 2.56 bits per heavy atom. The Balaban J connectivity index is 1.26. The van der Waals surface area contributed by atoms with Crippen LogP contribution >= 0.6 is 0 Å². The normalized spacial score (nSPS) is 21.2.